The predicted molar refractivity (Wildman–Crippen MR) is 163 cm³/mol. The van der Waals surface area contributed by atoms with Crippen molar-refractivity contribution in [1.82, 2.24) is 20.1 Å². The highest BCUT2D eigenvalue weighted by Gasteiger charge is 2.33. The number of rotatable bonds is 9. The number of hydrogen-bond acceptors (Lipinski definition) is 6. The Morgan fingerprint density at radius 3 is 2.17 bits per heavy atom. The number of nitrogens with zero attached hydrogens (tertiary/aromatic N) is 3. The molecular weight excluding hydrogens is 528 g/mol. The molecule has 0 saturated heterocycles. The van der Waals surface area contributed by atoms with Gasteiger partial charge in [-0.1, -0.05) is 44.2 Å². The molecule has 0 spiro atoms. The molecule has 1 amide bonds. The summed E-state index contributed by atoms with van der Waals surface area (Å²) < 4.78 is 19.3. The molecule has 0 unspecified atom stereocenters. The fourth-order valence-corrected chi connectivity index (χ4v) is 4.96. The van der Waals surface area contributed by atoms with E-state index in [0.29, 0.717) is 6.61 Å². The Kier molecular flexibility index (Phi) is 8.25. The Bertz CT molecular complexity index is 1500. The number of alkyl carbamates (subject to hydrolysis) is 1. The maximum atomic E-state index is 12.0. The van der Waals surface area contributed by atoms with E-state index >= 15 is 0 Å². The van der Waals surface area contributed by atoms with Crippen LogP contribution in [-0.2, 0) is 23.8 Å². The van der Waals surface area contributed by atoms with Gasteiger partial charge in [0.15, 0.2) is 0 Å². The normalized spacial score (nSPS) is 16.8. The zero-order valence-electron chi connectivity index (χ0n) is 25.3. The third-order valence-electron chi connectivity index (χ3n) is 7.46. The molecular formula is C34H40N4O4. The molecule has 4 aromatic rings. The summed E-state index contributed by atoms with van der Waals surface area (Å²) in [6.45, 7) is 10.4. The van der Waals surface area contributed by atoms with Gasteiger partial charge in [0.25, 0.3) is 0 Å². The van der Waals surface area contributed by atoms with E-state index in [0.717, 1.165) is 41.3 Å². The Hall–Kier alpha value is -4.33. The van der Waals surface area contributed by atoms with E-state index in [4.69, 9.17) is 19.2 Å². The number of benzene rings is 2. The monoisotopic (exact) mass is 568 g/mol. The Balaban J connectivity index is 1.12. The van der Waals surface area contributed by atoms with Gasteiger partial charge in [-0.2, -0.15) is 5.10 Å². The Morgan fingerprint density at radius 1 is 0.929 bits per heavy atom. The van der Waals surface area contributed by atoms with Gasteiger partial charge in [-0.05, 0) is 68.3 Å². The molecule has 8 nitrogen and oxygen atoms in total. The second kappa shape index (κ2) is 11.9. The summed E-state index contributed by atoms with van der Waals surface area (Å²) in [5, 5.41) is 7.14. The first-order chi connectivity index (χ1) is 19.9. The second-order valence-electron chi connectivity index (χ2n) is 12.4. The summed E-state index contributed by atoms with van der Waals surface area (Å²) in [7, 11) is 1.89. The fraction of sp³-hybridized carbons (Fsp3) is 0.382. The van der Waals surface area contributed by atoms with Crippen LogP contribution in [0.5, 0.6) is 11.5 Å². The molecule has 1 aliphatic carbocycles. The van der Waals surface area contributed by atoms with Crippen LogP contribution in [0.1, 0.15) is 64.3 Å². The maximum absolute atomic E-state index is 12.0. The van der Waals surface area contributed by atoms with E-state index in [1.54, 1.807) is 4.68 Å². The first kappa shape index (κ1) is 29.2. The highest BCUT2D eigenvalue weighted by molar-refractivity contribution is 5.68. The zero-order valence-corrected chi connectivity index (χ0v) is 25.3. The summed E-state index contributed by atoms with van der Waals surface area (Å²) in [5.41, 5.74) is 4.41. The van der Waals surface area contributed by atoms with E-state index in [9.17, 15) is 4.79 Å². The first-order valence-corrected chi connectivity index (χ1v) is 14.4. The third kappa shape index (κ3) is 7.29. The van der Waals surface area contributed by atoms with Crippen molar-refractivity contribution in [1.29, 1.82) is 0 Å². The van der Waals surface area contributed by atoms with Crippen LogP contribution < -0.4 is 14.8 Å². The first-order valence-electron chi connectivity index (χ1n) is 14.4. The standard InChI is InChI=1S/C34H40N4O4/c1-33(2,3)42-32(39)37-27-18-30(19-27)41-29-16-12-25(13-17-29)34(4,5)24-10-14-28(15-11-24)40-22-26-8-7-9-31(36-26)23-20-35-38(6)21-23/h7-17,20-21,27,30H,18-19,22H2,1-6H3,(H,37,39). The molecule has 0 radical (unpaired) electrons. The van der Waals surface area contributed by atoms with Crippen molar-refractivity contribution in [2.45, 2.75) is 77.2 Å². The minimum atomic E-state index is -0.499. The third-order valence-corrected chi connectivity index (χ3v) is 7.46. The number of hydrogen-bond donors (Lipinski definition) is 1. The molecule has 2 aromatic heterocycles. The van der Waals surface area contributed by atoms with E-state index in [2.05, 4.69) is 48.5 Å². The minimum Gasteiger partial charge on any atom is -0.490 e. The van der Waals surface area contributed by atoms with Gasteiger partial charge in [-0.3, -0.25) is 4.68 Å². The van der Waals surface area contributed by atoms with Crippen LogP contribution >= 0.6 is 0 Å². The lowest BCUT2D eigenvalue weighted by molar-refractivity contribution is 0.0363. The largest absolute Gasteiger partial charge is 0.490 e. The Morgan fingerprint density at radius 2 is 1.57 bits per heavy atom. The van der Waals surface area contributed by atoms with Crippen molar-refractivity contribution in [2.24, 2.45) is 7.05 Å². The smallest absolute Gasteiger partial charge is 0.407 e. The molecule has 1 fully saturated rings. The lowest BCUT2D eigenvalue weighted by Crippen LogP contribution is -2.50. The van der Waals surface area contributed by atoms with Crippen molar-refractivity contribution in [3.8, 4) is 22.8 Å². The number of carbonyl (C=O) groups excluding carboxylic acids is 1. The van der Waals surface area contributed by atoms with Gasteiger partial charge >= 0.3 is 6.09 Å². The fourth-order valence-electron chi connectivity index (χ4n) is 4.96. The molecule has 0 bridgehead atoms. The lowest BCUT2D eigenvalue weighted by atomic mass is 9.78. The molecule has 220 valence electrons. The van der Waals surface area contributed by atoms with Crippen LogP contribution in [0.3, 0.4) is 0 Å². The average molecular weight is 569 g/mol. The molecule has 2 aromatic carbocycles. The summed E-state index contributed by atoms with van der Waals surface area (Å²) in [6, 6.07) is 22.6. The molecule has 0 aliphatic heterocycles. The number of pyridine rings is 1. The molecule has 1 N–H and O–H groups in total. The number of nitrogens with one attached hydrogen (secondary N) is 1. The quantitative estimate of drug-likeness (QED) is 0.238. The Labute approximate surface area is 248 Å². The van der Waals surface area contributed by atoms with Gasteiger partial charge in [0.05, 0.1) is 17.6 Å². The van der Waals surface area contributed by atoms with Crippen molar-refractivity contribution in [2.75, 3.05) is 0 Å². The lowest BCUT2D eigenvalue weighted by Gasteiger charge is -2.36. The second-order valence-corrected chi connectivity index (χ2v) is 12.4. The van der Waals surface area contributed by atoms with Crippen LogP contribution in [-0.4, -0.2) is 38.6 Å². The van der Waals surface area contributed by atoms with Gasteiger partial charge < -0.3 is 19.5 Å². The summed E-state index contributed by atoms with van der Waals surface area (Å²) in [6.07, 6.45) is 5.02. The van der Waals surface area contributed by atoms with E-state index in [1.807, 2.05) is 82.7 Å². The van der Waals surface area contributed by atoms with E-state index in [1.165, 1.54) is 11.1 Å². The van der Waals surface area contributed by atoms with Crippen LogP contribution in [0, 0.1) is 0 Å². The average Bonchev–Trinajstić information content (AvgIpc) is 3.37. The highest BCUT2D eigenvalue weighted by Crippen LogP contribution is 2.34. The topological polar surface area (TPSA) is 87.5 Å². The number of aryl methyl sites for hydroxylation is 1. The summed E-state index contributed by atoms with van der Waals surface area (Å²) in [5.74, 6) is 1.63. The van der Waals surface area contributed by atoms with Gasteiger partial charge in [0.2, 0.25) is 0 Å². The molecule has 0 atom stereocenters. The number of amides is 1. The molecule has 8 heteroatoms. The molecule has 1 aliphatic rings. The van der Waals surface area contributed by atoms with Crippen molar-refractivity contribution in [3.05, 3.63) is 95.9 Å². The number of carbonyl (C=O) groups is 1. The van der Waals surface area contributed by atoms with Gasteiger partial charge in [0.1, 0.15) is 29.8 Å². The number of ether oxygens (including phenoxy) is 3. The van der Waals surface area contributed by atoms with Gasteiger partial charge in [-0.15, -0.1) is 0 Å². The SMILES string of the molecule is Cn1cc(-c2cccc(COc3ccc(C(C)(C)c4ccc(OC5CC(NC(=O)OC(C)(C)C)C5)cc4)cc3)n2)cn1. The number of aromatic nitrogens is 3. The maximum Gasteiger partial charge on any atom is 0.407 e. The van der Waals surface area contributed by atoms with Crippen LogP contribution in [0.15, 0.2) is 79.1 Å². The van der Waals surface area contributed by atoms with Gasteiger partial charge in [-0.25, -0.2) is 9.78 Å². The van der Waals surface area contributed by atoms with Gasteiger partial charge in [0, 0.05) is 43.1 Å². The van der Waals surface area contributed by atoms with Crippen LogP contribution in [0.2, 0.25) is 0 Å². The molecule has 42 heavy (non-hydrogen) atoms. The molecule has 2 heterocycles. The predicted octanol–water partition coefficient (Wildman–Crippen LogP) is 6.82. The van der Waals surface area contributed by atoms with Crippen molar-refractivity contribution >= 4 is 6.09 Å². The summed E-state index contributed by atoms with van der Waals surface area (Å²) in [4.78, 5) is 16.7. The summed E-state index contributed by atoms with van der Waals surface area (Å²) >= 11 is 0. The van der Waals surface area contributed by atoms with Crippen molar-refractivity contribution in [3.63, 3.8) is 0 Å². The highest BCUT2D eigenvalue weighted by atomic mass is 16.6. The van der Waals surface area contributed by atoms with Crippen LogP contribution in [0.4, 0.5) is 4.79 Å². The van der Waals surface area contributed by atoms with Crippen LogP contribution in [0.25, 0.3) is 11.3 Å². The minimum absolute atomic E-state index is 0.0864. The van der Waals surface area contributed by atoms with E-state index < -0.39 is 5.60 Å². The van der Waals surface area contributed by atoms with Crippen molar-refractivity contribution < 1.29 is 19.0 Å². The molecule has 5 rings (SSSR count). The van der Waals surface area contributed by atoms with E-state index in [-0.39, 0.29) is 23.7 Å². The molecule has 1 saturated carbocycles. The zero-order chi connectivity index (χ0) is 29.9.